The number of aromatic nitrogens is 2. The molecule has 0 bridgehead atoms. The molecule has 84 valence electrons. The topological polar surface area (TPSA) is 46.0 Å². The molecule has 1 aromatic heterocycles. The van der Waals surface area contributed by atoms with Crippen molar-refractivity contribution in [2.24, 2.45) is 5.92 Å². The largest absolute Gasteiger partial charge is 0.396 e. The molecule has 0 amide bonds. The van der Waals surface area contributed by atoms with Gasteiger partial charge >= 0.3 is 0 Å². The molecule has 1 unspecified atom stereocenters. The number of aliphatic hydroxyl groups is 1. The minimum absolute atomic E-state index is 0.0511. The third kappa shape index (κ3) is 2.99. The summed E-state index contributed by atoms with van der Waals surface area (Å²) in [7, 11) is 0. The molecule has 1 rings (SSSR count). The van der Waals surface area contributed by atoms with Gasteiger partial charge in [0.15, 0.2) is 0 Å². The van der Waals surface area contributed by atoms with Gasteiger partial charge in [0.2, 0.25) is 0 Å². The zero-order chi connectivity index (χ0) is 11.4. The molecule has 15 heavy (non-hydrogen) atoms. The van der Waals surface area contributed by atoms with Gasteiger partial charge in [0, 0.05) is 17.3 Å². The molecule has 1 atom stereocenters. The van der Waals surface area contributed by atoms with Crippen LogP contribution in [0.3, 0.4) is 0 Å². The lowest BCUT2D eigenvalue weighted by molar-refractivity contribution is 0.231. The summed E-state index contributed by atoms with van der Waals surface area (Å²) >= 11 is 0. The number of aryl methyl sites for hydroxylation is 2. The van der Waals surface area contributed by atoms with Crippen molar-refractivity contribution >= 4 is 0 Å². The van der Waals surface area contributed by atoms with Crippen LogP contribution in [0.25, 0.3) is 0 Å². The minimum atomic E-state index is 0.0511. The normalized spacial score (nSPS) is 13.2. The van der Waals surface area contributed by atoms with Crippen LogP contribution in [0.15, 0.2) is 6.07 Å². The molecule has 0 radical (unpaired) electrons. The highest BCUT2D eigenvalue weighted by Crippen LogP contribution is 2.21. The molecule has 0 aromatic carbocycles. The third-order valence-electron chi connectivity index (χ3n) is 2.62. The van der Waals surface area contributed by atoms with E-state index in [1.807, 2.05) is 13.0 Å². The zero-order valence-corrected chi connectivity index (χ0v) is 9.99. The van der Waals surface area contributed by atoms with Crippen molar-refractivity contribution in [2.75, 3.05) is 6.61 Å². The van der Waals surface area contributed by atoms with Gasteiger partial charge in [0.25, 0.3) is 0 Å². The lowest BCUT2D eigenvalue weighted by Crippen LogP contribution is -2.16. The SMILES string of the molecule is CCc1cc(C)nc(C(CO)C(C)C)n1. The zero-order valence-electron chi connectivity index (χ0n) is 9.99. The van der Waals surface area contributed by atoms with E-state index in [0.717, 1.165) is 23.6 Å². The molecule has 0 spiro atoms. The second kappa shape index (κ2) is 5.21. The fraction of sp³-hybridized carbons (Fsp3) is 0.667. The van der Waals surface area contributed by atoms with Crippen molar-refractivity contribution in [3.05, 3.63) is 23.3 Å². The summed E-state index contributed by atoms with van der Waals surface area (Å²) in [6.45, 7) is 8.33. The van der Waals surface area contributed by atoms with E-state index in [9.17, 15) is 5.11 Å². The Morgan fingerprint density at radius 3 is 2.47 bits per heavy atom. The van der Waals surface area contributed by atoms with Crippen LogP contribution in [0.5, 0.6) is 0 Å². The quantitative estimate of drug-likeness (QED) is 0.824. The monoisotopic (exact) mass is 208 g/mol. The smallest absolute Gasteiger partial charge is 0.134 e. The third-order valence-corrected chi connectivity index (χ3v) is 2.62. The number of aliphatic hydroxyl groups excluding tert-OH is 1. The molecule has 1 N–H and O–H groups in total. The van der Waals surface area contributed by atoms with Crippen molar-refractivity contribution in [2.45, 2.75) is 40.0 Å². The first kappa shape index (κ1) is 12.1. The highest BCUT2D eigenvalue weighted by atomic mass is 16.3. The highest BCUT2D eigenvalue weighted by Gasteiger charge is 2.18. The Kier molecular flexibility index (Phi) is 4.21. The van der Waals surface area contributed by atoms with Gasteiger partial charge in [-0.1, -0.05) is 20.8 Å². The van der Waals surface area contributed by atoms with Crippen LogP contribution in [-0.2, 0) is 6.42 Å². The van der Waals surface area contributed by atoms with Gasteiger partial charge in [-0.2, -0.15) is 0 Å². The second-order valence-corrected chi connectivity index (χ2v) is 4.25. The molecule has 0 fully saturated rings. The van der Waals surface area contributed by atoms with E-state index in [2.05, 4.69) is 30.7 Å². The number of hydrogen-bond acceptors (Lipinski definition) is 3. The van der Waals surface area contributed by atoms with E-state index >= 15 is 0 Å². The lowest BCUT2D eigenvalue weighted by atomic mass is 9.96. The summed E-state index contributed by atoms with van der Waals surface area (Å²) < 4.78 is 0. The summed E-state index contributed by atoms with van der Waals surface area (Å²) in [4.78, 5) is 8.88. The molecule has 3 heteroatoms. The Morgan fingerprint density at radius 1 is 1.33 bits per heavy atom. The van der Waals surface area contributed by atoms with Gasteiger partial charge in [-0.15, -0.1) is 0 Å². The molecule has 0 saturated carbocycles. The first-order valence-electron chi connectivity index (χ1n) is 5.53. The van der Waals surface area contributed by atoms with Crippen LogP contribution in [0.2, 0.25) is 0 Å². The molecular formula is C12H20N2O. The molecule has 1 aromatic rings. The first-order chi connectivity index (χ1) is 7.08. The lowest BCUT2D eigenvalue weighted by Gasteiger charge is -2.17. The van der Waals surface area contributed by atoms with Crippen LogP contribution >= 0.6 is 0 Å². The van der Waals surface area contributed by atoms with Crippen LogP contribution < -0.4 is 0 Å². The van der Waals surface area contributed by atoms with E-state index < -0.39 is 0 Å². The standard InChI is InChI=1S/C12H20N2O/c1-5-10-6-9(4)13-12(14-10)11(7-15)8(2)3/h6,8,11,15H,5,7H2,1-4H3. The Labute approximate surface area is 91.6 Å². The van der Waals surface area contributed by atoms with Crippen molar-refractivity contribution in [1.29, 1.82) is 0 Å². The van der Waals surface area contributed by atoms with Crippen molar-refractivity contribution < 1.29 is 5.11 Å². The number of nitrogens with zero attached hydrogens (tertiary/aromatic N) is 2. The van der Waals surface area contributed by atoms with Gasteiger partial charge in [-0.05, 0) is 25.3 Å². The number of rotatable bonds is 4. The van der Waals surface area contributed by atoms with Crippen LogP contribution in [0, 0.1) is 12.8 Å². The first-order valence-corrected chi connectivity index (χ1v) is 5.53. The van der Waals surface area contributed by atoms with Crippen LogP contribution in [0.1, 0.15) is 43.9 Å². The Balaban J connectivity index is 3.06. The van der Waals surface area contributed by atoms with E-state index in [1.54, 1.807) is 0 Å². The average Bonchev–Trinajstić information content (AvgIpc) is 2.17. The average molecular weight is 208 g/mol. The van der Waals surface area contributed by atoms with Crippen molar-refractivity contribution in [3.63, 3.8) is 0 Å². The van der Waals surface area contributed by atoms with Gasteiger partial charge in [-0.25, -0.2) is 9.97 Å². The van der Waals surface area contributed by atoms with Gasteiger partial charge in [0.1, 0.15) is 5.82 Å². The fourth-order valence-corrected chi connectivity index (χ4v) is 1.60. The predicted molar refractivity (Wildman–Crippen MR) is 60.8 cm³/mol. The molecule has 1 heterocycles. The van der Waals surface area contributed by atoms with Crippen molar-refractivity contribution in [3.8, 4) is 0 Å². The maximum Gasteiger partial charge on any atom is 0.134 e. The van der Waals surface area contributed by atoms with E-state index in [1.165, 1.54) is 0 Å². The van der Waals surface area contributed by atoms with Gasteiger partial charge in [0.05, 0.1) is 6.61 Å². The van der Waals surface area contributed by atoms with E-state index in [-0.39, 0.29) is 12.5 Å². The number of hydrogen-bond donors (Lipinski definition) is 1. The summed E-state index contributed by atoms with van der Waals surface area (Å²) in [5, 5.41) is 9.32. The summed E-state index contributed by atoms with van der Waals surface area (Å²) in [6, 6.07) is 2.00. The molecule has 3 nitrogen and oxygen atoms in total. The van der Waals surface area contributed by atoms with Crippen molar-refractivity contribution in [1.82, 2.24) is 9.97 Å². The molecule has 0 saturated heterocycles. The summed E-state index contributed by atoms with van der Waals surface area (Å²) in [5.41, 5.74) is 2.03. The fourth-order valence-electron chi connectivity index (χ4n) is 1.60. The van der Waals surface area contributed by atoms with Gasteiger partial charge in [-0.3, -0.25) is 0 Å². The Bertz CT molecular complexity index is 323. The molecular weight excluding hydrogens is 188 g/mol. The predicted octanol–water partition coefficient (Wildman–Crippen LogP) is 2.08. The van der Waals surface area contributed by atoms with E-state index in [0.29, 0.717) is 5.92 Å². The highest BCUT2D eigenvalue weighted by molar-refractivity contribution is 5.12. The molecule has 0 aliphatic heterocycles. The van der Waals surface area contributed by atoms with E-state index in [4.69, 9.17) is 0 Å². The van der Waals surface area contributed by atoms with Crippen LogP contribution in [0.4, 0.5) is 0 Å². The molecule has 0 aliphatic carbocycles. The second-order valence-electron chi connectivity index (χ2n) is 4.25. The molecule has 0 aliphatic rings. The Hall–Kier alpha value is -0.960. The maximum atomic E-state index is 9.32. The van der Waals surface area contributed by atoms with Gasteiger partial charge < -0.3 is 5.11 Å². The Morgan fingerprint density at radius 2 is 2.00 bits per heavy atom. The van der Waals surface area contributed by atoms with Crippen LogP contribution in [-0.4, -0.2) is 21.7 Å². The maximum absolute atomic E-state index is 9.32. The minimum Gasteiger partial charge on any atom is -0.396 e. The summed E-state index contributed by atoms with van der Waals surface area (Å²) in [6.07, 6.45) is 0.909. The summed E-state index contributed by atoms with van der Waals surface area (Å²) in [5.74, 6) is 1.20.